The van der Waals surface area contributed by atoms with Crippen LogP contribution in [0.4, 0.5) is 13.2 Å². The average Bonchev–Trinajstić information content (AvgIpc) is 1.99. The van der Waals surface area contributed by atoms with E-state index in [0.717, 1.165) is 12.8 Å². The average molecular weight is 223 g/mol. The van der Waals surface area contributed by atoms with Gasteiger partial charge in [-0.1, -0.05) is 20.8 Å². The van der Waals surface area contributed by atoms with Crippen LogP contribution in [0.5, 0.6) is 0 Å². The smallest absolute Gasteiger partial charge is 0.292 e. The molecule has 15 heavy (non-hydrogen) atoms. The van der Waals surface area contributed by atoms with E-state index in [2.05, 4.69) is 0 Å². The van der Waals surface area contributed by atoms with Gasteiger partial charge in [0, 0.05) is 6.54 Å². The quantitative estimate of drug-likeness (QED) is 0.694. The molecule has 0 saturated carbocycles. The molecule has 4 heteroatoms. The van der Waals surface area contributed by atoms with Gasteiger partial charge in [0.2, 0.25) is 0 Å². The van der Waals surface area contributed by atoms with Crippen LogP contribution in [-0.4, -0.2) is 30.2 Å². The Balaban J connectivity index is 2.71. The number of likely N-dealkylation sites (tertiary alicyclic amines) is 1. The SMILES string of the molecule is CC(C)[C@H](N1CCC[C@H](C)C1)C(F)(F)F. The highest BCUT2D eigenvalue weighted by Crippen LogP contribution is 2.32. The minimum absolute atomic E-state index is 0.365. The predicted molar refractivity (Wildman–Crippen MR) is 54.7 cm³/mol. The molecular formula is C11H20F3N. The van der Waals surface area contributed by atoms with E-state index in [0.29, 0.717) is 19.0 Å². The first kappa shape index (κ1) is 12.8. The molecule has 1 nitrogen and oxygen atoms in total. The molecule has 1 saturated heterocycles. The molecular weight excluding hydrogens is 203 g/mol. The van der Waals surface area contributed by atoms with Crippen LogP contribution in [0.1, 0.15) is 33.6 Å². The summed E-state index contributed by atoms with van der Waals surface area (Å²) in [5.74, 6) is 0.0256. The maximum absolute atomic E-state index is 12.8. The summed E-state index contributed by atoms with van der Waals surface area (Å²) in [6.45, 7) is 6.50. The van der Waals surface area contributed by atoms with Crippen molar-refractivity contribution in [3.63, 3.8) is 0 Å². The molecule has 1 heterocycles. The normalized spacial score (nSPS) is 27.0. The zero-order chi connectivity index (χ0) is 11.6. The first-order valence-electron chi connectivity index (χ1n) is 5.63. The van der Waals surface area contributed by atoms with E-state index in [4.69, 9.17) is 0 Å². The molecule has 1 aliphatic rings. The molecule has 0 unspecified atom stereocenters. The fourth-order valence-electron chi connectivity index (χ4n) is 2.49. The summed E-state index contributed by atoms with van der Waals surface area (Å²) >= 11 is 0. The summed E-state index contributed by atoms with van der Waals surface area (Å²) in [5.41, 5.74) is 0. The van der Waals surface area contributed by atoms with E-state index < -0.39 is 12.2 Å². The van der Waals surface area contributed by atoms with Crippen molar-refractivity contribution in [2.75, 3.05) is 13.1 Å². The predicted octanol–water partition coefficient (Wildman–Crippen LogP) is 3.31. The van der Waals surface area contributed by atoms with Crippen molar-refractivity contribution >= 4 is 0 Å². The Kier molecular flexibility index (Phi) is 4.04. The third kappa shape index (κ3) is 3.37. The van der Waals surface area contributed by atoms with Crippen LogP contribution in [0.2, 0.25) is 0 Å². The molecule has 0 bridgehead atoms. The molecule has 0 amide bonds. The van der Waals surface area contributed by atoms with Crippen LogP contribution < -0.4 is 0 Å². The van der Waals surface area contributed by atoms with Crippen molar-refractivity contribution in [1.29, 1.82) is 0 Å². The van der Waals surface area contributed by atoms with Crippen molar-refractivity contribution in [2.45, 2.75) is 45.8 Å². The molecule has 0 aromatic heterocycles. The Bertz CT molecular complexity index is 200. The monoisotopic (exact) mass is 223 g/mol. The summed E-state index contributed by atoms with van der Waals surface area (Å²) in [4.78, 5) is 1.61. The molecule has 1 rings (SSSR count). The van der Waals surface area contributed by atoms with Gasteiger partial charge >= 0.3 is 6.18 Å². The van der Waals surface area contributed by atoms with Crippen LogP contribution in [-0.2, 0) is 0 Å². The molecule has 0 aromatic carbocycles. The number of nitrogens with zero attached hydrogens (tertiary/aromatic N) is 1. The highest BCUT2D eigenvalue weighted by Gasteiger charge is 2.45. The second kappa shape index (κ2) is 4.73. The lowest BCUT2D eigenvalue weighted by atomic mass is 9.94. The van der Waals surface area contributed by atoms with Crippen LogP contribution in [0, 0.1) is 11.8 Å². The molecule has 1 fully saturated rings. The van der Waals surface area contributed by atoms with E-state index in [1.807, 2.05) is 6.92 Å². The molecule has 0 aliphatic carbocycles. The number of hydrogen-bond donors (Lipinski definition) is 0. The van der Waals surface area contributed by atoms with E-state index in [1.165, 1.54) is 0 Å². The van der Waals surface area contributed by atoms with Crippen molar-refractivity contribution in [1.82, 2.24) is 4.90 Å². The highest BCUT2D eigenvalue weighted by atomic mass is 19.4. The lowest BCUT2D eigenvalue weighted by molar-refractivity contribution is -0.198. The van der Waals surface area contributed by atoms with E-state index >= 15 is 0 Å². The second-order valence-corrected chi connectivity index (χ2v) is 4.97. The van der Waals surface area contributed by atoms with Gasteiger partial charge in [-0.2, -0.15) is 13.2 Å². The topological polar surface area (TPSA) is 3.24 Å². The van der Waals surface area contributed by atoms with Gasteiger partial charge in [-0.05, 0) is 31.2 Å². The Hall–Kier alpha value is -0.250. The van der Waals surface area contributed by atoms with E-state index in [1.54, 1.807) is 18.7 Å². The summed E-state index contributed by atoms with van der Waals surface area (Å²) in [6.07, 6.45) is -2.15. The van der Waals surface area contributed by atoms with Gasteiger partial charge in [0.25, 0.3) is 0 Å². The standard InChI is InChI=1S/C11H20F3N/c1-8(2)10(11(12,13)14)15-6-4-5-9(3)7-15/h8-10H,4-7H2,1-3H3/t9-,10-/m0/s1. The minimum Gasteiger partial charge on any atom is -0.292 e. The number of hydrogen-bond acceptors (Lipinski definition) is 1. The molecule has 90 valence electrons. The van der Waals surface area contributed by atoms with Crippen LogP contribution in [0.15, 0.2) is 0 Å². The summed E-state index contributed by atoms with van der Waals surface area (Å²) in [6, 6.07) is -1.26. The Labute approximate surface area is 89.6 Å². The molecule has 2 atom stereocenters. The zero-order valence-electron chi connectivity index (χ0n) is 9.64. The third-order valence-electron chi connectivity index (χ3n) is 3.05. The van der Waals surface area contributed by atoms with E-state index in [-0.39, 0.29) is 5.92 Å². The Morgan fingerprint density at radius 1 is 1.27 bits per heavy atom. The van der Waals surface area contributed by atoms with Crippen molar-refractivity contribution in [3.8, 4) is 0 Å². The van der Waals surface area contributed by atoms with Gasteiger partial charge in [0.1, 0.15) is 6.04 Å². The van der Waals surface area contributed by atoms with Gasteiger partial charge in [0.05, 0.1) is 0 Å². The van der Waals surface area contributed by atoms with E-state index in [9.17, 15) is 13.2 Å². The summed E-state index contributed by atoms with van der Waals surface area (Å²) < 4.78 is 38.5. The fourth-order valence-corrected chi connectivity index (χ4v) is 2.49. The lowest BCUT2D eigenvalue weighted by Crippen LogP contribution is -2.52. The molecule has 1 aliphatic heterocycles. The first-order valence-corrected chi connectivity index (χ1v) is 5.63. The molecule has 0 radical (unpaired) electrons. The van der Waals surface area contributed by atoms with Gasteiger partial charge < -0.3 is 0 Å². The van der Waals surface area contributed by atoms with Crippen molar-refractivity contribution in [2.24, 2.45) is 11.8 Å². The van der Waals surface area contributed by atoms with Crippen molar-refractivity contribution < 1.29 is 13.2 Å². The number of piperidine rings is 1. The van der Waals surface area contributed by atoms with Gasteiger partial charge in [0.15, 0.2) is 0 Å². The van der Waals surface area contributed by atoms with Gasteiger partial charge in [-0.25, -0.2) is 0 Å². The number of rotatable bonds is 2. The molecule has 0 aromatic rings. The maximum atomic E-state index is 12.8. The lowest BCUT2D eigenvalue weighted by Gasteiger charge is -2.40. The van der Waals surface area contributed by atoms with Crippen LogP contribution >= 0.6 is 0 Å². The Morgan fingerprint density at radius 3 is 2.27 bits per heavy atom. The van der Waals surface area contributed by atoms with Crippen LogP contribution in [0.3, 0.4) is 0 Å². The summed E-state index contributed by atoms with van der Waals surface area (Å²) in [5, 5.41) is 0. The fraction of sp³-hybridized carbons (Fsp3) is 1.00. The largest absolute Gasteiger partial charge is 0.404 e. The summed E-state index contributed by atoms with van der Waals surface area (Å²) in [7, 11) is 0. The highest BCUT2D eigenvalue weighted by molar-refractivity contribution is 4.84. The second-order valence-electron chi connectivity index (χ2n) is 4.97. The molecule has 0 N–H and O–H groups in total. The minimum atomic E-state index is -4.09. The number of alkyl halides is 3. The third-order valence-corrected chi connectivity index (χ3v) is 3.05. The zero-order valence-corrected chi connectivity index (χ0v) is 9.64. The van der Waals surface area contributed by atoms with Crippen LogP contribution in [0.25, 0.3) is 0 Å². The number of halogens is 3. The molecule has 0 spiro atoms. The first-order chi connectivity index (χ1) is 6.82. The van der Waals surface area contributed by atoms with Gasteiger partial charge in [-0.3, -0.25) is 4.90 Å². The van der Waals surface area contributed by atoms with Gasteiger partial charge in [-0.15, -0.1) is 0 Å². The maximum Gasteiger partial charge on any atom is 0.404 e. The van der Waals surface area contributed by atoms with Crippen molar-refractivity contribution in [3.05, 3.63) is 0 Å². The Morgan fingerprint density at radius 2 is 1.87 bits per heavy atom.